The fourth-order valence-corrected chi connectivity index (χ4v) is 2.99. The van der Waals surface area contributed by atoms with Crippen molar-refractivity contribution in [2.75, 3.05) is 13.7 Å². The number of esters is 1. The monoisotopic (exact) mass is 369 g/mol. The van der Waals surface area contributed by atoms with Crippen LogP contribution in [0.1, 0.15) is 12.1 Å². The van der Waals surface area contributed by atoms with Crippen molar-refractivity contribution in [1.82, 2.24) is 4.98 Å². The highest BCUT2D eigenvalue weighted by Gasteiger charge is 2.12. The Balaban J connectivity index is 1.79. The molecule has 2 rings (SSSR count). The van der Waals surface area contributed by atoms with Crippen LogP contribution in [0.4, 0.5) is 0 Å². The Kier molecular flexibility index (Phi) is 6.30. The Labute approximate surface area is 145 Å². The molecule has 0 fully saturated rings. The molecule has 0 aliphatic carbocycles. The number of ether oxygens (including phenoxy) is 1. The van der Waals surface area contributed by atoms with Gasteiger partial charge in [0.15, 0.2) is 5.78 Å². The van der Waals surface area contributed by atoms with Crippen molar-refractivity contribution in [2.45, 2.75) is 12.8 Å². The number of carbonyl (C=O) groups excluding carboxylic acids is 2. The molecule has 8 heteroatoms. The largest absolute Gasteiger partial charge is 0.457 e. The second kappa shape index (κ2) is 8.23. The van der Waals surface area contributed by atoms with Crippen molar-refractivity contribution in [1.29, 1.82) is 0 Å². The maximum Gasteiger partial charge on any atom is 0.310 e. The number of hydrogen-bond donors (Lipinski definition) is 0. The van der Waals surface area contributed by atoms with Crippen LogP contribution in [0.5, 0.6) is 0 Å². The summed E-state index contributed by atoms with van der Waals surface area (Å²) in [7, 11) is -1.22. The van der Waals surface area contributed by atoms with Gasteiger partial charge in [-0.3, -0.25) is 18.8 Å². The number of ketones is 1. The Morgan fingerprint density at radius 2 is 2.08 bits per heavy atom. The molecule has 1 atom stereocenters. The lowest BCUT2D eigenvalue weighted by Crippen LogP contribution is -2.16. The minimum absolute atomic E-state index is 0.0152. The number of carbonyl (C=O) groups is 2. The number of hydrogen-bond acceptors (Lipinski definition) is 6. The quantitative estimate of drug-likeness (QED) is 0.539. The lowest BCUT2D eigenvalue weighted by Gasteiger charge is -2.09. The van der Waals surface area contributed by atoms with E-state index in [1.165, 1.54) is 24.1 Å². The summed E-state index contributed by atoms with van der Waals surface area (Å²) < 4.78 is 21.6. The summed E-state index contributed by atoms with van der Waals surface area (Å²) >= 11 is 5.71. The first-order valence-electron chi connectivity index (χ1n) is 7.00. The molecule has 0 N–H and O–H groups in total. The fraction of sp³-hybridized carbons (Fsp3) is 0.250. The van der Waals surface area contributed by atoms with Crippen LogP contribution >= 0.6 is 11.6 Å². The van der Waals surface area contributed by atoms with E-state index in [0.29, 0.717) is 16.3 Å². The van der Waals surface area contributed by atoms with Crippen LogP contribution in [-0.2, 0) is 34.7 Å². The van der Waals surface area contributed by atoms with Gasteiger partial charge in [0.05, 0.1) is 25.0 Å². The van der Waals surface area contributed by atoms with Gasteiger partial charge in [-0.25, -0.2) is 4.21 Å². The zero-order valence-corrected chi connectivity index (χ0v) is 14.5. The maximum atomic E-state index is 11.8. The maximum absolute atomic E-state index is 11.8. The first-order valence-corrected chi connectivity index (χ1v) is 8.98. The second-order valence-corrected chi connectivity index (χ2v) is 7.45. The van der Waals surface area contributed by atoms with Crippen molar-refractivity contribution >= 4 is 38.5 Å². The average molecular weight is 370 g/mol. The number of rotatable bonds is 7. The fourth-order valence-electron chi connectivity index (χ4n) is 1.84. The lowest BCUT2D eigenvalue weighted by molar-refractivity contribution is -0.147. The van der Waals surface area contributed by atoms with Crippen molar-refractivity contribution < 1.29 is 22.7 Å². The second-order valence-electron chi connectivity index (χ2n) is 4.96. The van der Waals surface area contributed by atoms with Crippen molar-refractivity contribution in [3.63, 3.8) is 0 Å². The molecule has 1 aromatic rings. The van der Waals surface area contributed by atoms with E-state index in [1.807, 2.05) is 0 Å². The molecule has 0 bridgehead atoms. The summed E-state index contributed by atoms with van der Waals surface area (Å²) in [5.74, 6) is -0.803. The predicted molar refractivity (Wildman–Crippen MR) is 92.0 cm³/mol. The third kappa shape index (κ3) is 5.59. The van der Waals surface area contributed by atoms with Gasteiger partial charge in [0.1, 0.15) is 16.4 Å². The summed E-state index contributed by atoms with van der Waals surface area (Å²) in [6.07, 6.45) is 4.60. The van der Waals surface area contributed by atoms with Gasteiger partial charge in [0.2, 0.25) is 0 Å². The highest BCUT2D eigenvalue weighted by molar-refractivity contribution is 8.00. The molecule has 1 aromatic heterocycles. The molecule has 0 amide bonds. The molecule has 0 saturated carbocycles. The normalized spacial score (nSPS) is 19.3. The van der Waals surface area contributed by atoms with E-state index in [2.05, 4.69) is 4.98 Å². The van der Waals surface area contributed by atoms with Gasteiger partial charge in [-0.2, -0.15) is 0 Å². The molecule has 1 unspecified atom stereocenters. The number of Topliss-reactive ketones (excluding diaryl/α,β-unsaturated/α-hetero) is 1. The summed E-state index contributed by atoms with van der Waals surface area (Å²) in [5, 5.41) is 3.28. The van der Waals surface area contributed by atoms with E-state index in [0.717, 1.165) is 0 Å². The number of aromatic nitrogens is 1. The SMILES string of the molecule is COS1(=O)=CC=C(CC(=O)OCC(=O)Cc2ccc(Cl)cn2)C=C1. The Morgan fingerprint density at radius 3 is 2.67 bits per heavy atom. The topological polar surface area (TPSA) is 82.6 Å². The number of allylic oxidation sites excluding steroid dienone is 2. The number of nitrogens with zero attached hydrogens (tertiary/aromatic N) is 1. The molecular weight excluding hydrogens is 354 g/mol. The van der Waals surface area contributed by atoms with Crippen LogP contribution in [0.2, 0.25) is 5.02 Å². The predicted octanol–water partition coefficient (Wildman–Crippen LogP) is 1.88. The van der Waals surface area contributed by atoms with Crippen LogP contribution < -0.4 is 0 Å². The van der Waals surface area contributed by atoms with Gasteiger partial charge >= 0.3 is 5.97 Å². The molecule has 2 heterocycles. The van der Waals surface area contributed by atoms with Gasteiger partial charge in [-0.05, 0) is 29.9 Å². The van der Waals surface area contributed by atoms with Crippen molar-refractivity contribution in [3.8, 4) is 0 Å². The van der Waals surface area contributed by atoms with Crippen LogP contribution in [0.15, 0.2) is 41.5 Å². The highest BCUT2D eigenvalue weighted by atomic mass is 35.5. The first-order chi connectivity index (χ1) is 11.4. The zero-order valence-electron chi connectivity index (χ0n) is 12.9. The van der Waals surface area contributed by atoms with E-state index in [-0.39, 0.29) is 25.2 Å². The van der Waals surface area contributed by atoms with E-state index >= 15 is 0 Å². The molecule has 0 spiro atoms. The number of pyridine rings is 1. The summed E-state index contributed by atoms with van der Waals surface area (Å²) in [5.41, 5.74) is 1.19. The minimum atomic E-state index is -2.56. The summed E-state index contributed by atoms with van der Waals surface area (Å²) in [4.78, 5) is 27.5. The van der Waals surface area contributed by atoms with Gasteiger partial charge < -0.3 is 4.74 Å². The van der Waals surface area contributed by atoms with Crippen LogP contribution in [0, 0.1) is 0 Å². The molecule has 6 nitrogen and oxygen atoms in total. The first kappa shape index (κ1) is 18.4. The molecule has 1 aliphatic heterocycles. The van der Waals surface area contributed by atoms with E-state index in [4.69, 9.17) is 20.5 Å². The van der Waals surface area contributed by atoms with Crippen LogP contribution in [-0.4, -0.2) is 40.0 Å². The van der Waals surface area contributed by atoms with Gasteiger partial charge in [0, 0.05) is 22.7 Å². The molecular formula is C16H16ClNO5S. The van der Waals surface area contributed by atoms with E-state index in [9.17, 15) is 13.8 Å². The van der Waals surface area contributed by atoms with Gasteiger partial charge in [0.25, 0.3) is 0 Å². The van der Waals surface area contributed by atoms with Gasteiger partial charge in [-0.15, -0.1) is 0 Å². The molecule has 0 saturated heterocycles. The zero-order chi connectivity index (χ0) is 17.6. The Morgan fingerprint density at radius 1 is 1.29 bits per heavy atom. The van der Waals surface area contributed by atoms with E-state index in [1.54, 1.807) is 24.3 Å². The van der Waals surface area contributed by atoms with Gasteiger partial charge in [-0.1, -0.05) is 11.6 Å². The smallest absolute Gasteiger partial charge is 0.310 e. The van der Waals surface area contributed by atoms with Crippen molar-refractivity contribution in [2.24, 2.45) is 0 Å². The summed E-state index contributed by atoms with van der Waals surface area (Å²) in [6, 6.07) is 3.28. The molecule has 0 radical (unpaired) electrons. The average Bonchev–Trinajstić information content (AvgIpc) is 2.57. The Hall–Kier alpha value is -1.96. The number of halogens is 1. The van der Waals surface area contributed by atoms with Crippen LogP contribution in [0.3, 0.4) is 0 Å². The third-order valence-electron chi connectivity index (χ3n) is 3.11. The highest BCUT2D eigenvalue weighted by Crippen LogP contribution is 2.12. The van der Waals surface area contributed by atoms with Crippen molar-refractivity contribution in [3.05, 3.63) is 52.2 Å². The molecule has 1 aliphatic rings. The molecule has 24 heavy (non-hydrogen) atoms. The lowest BCUT2D eigenvalue weighted by atomic mass is 10.2. The standard InChI is InChI=1S/C16H16ClNO5S/c1-22-24(21)6-4-12(5-7-24)8-16(20)23-11-15(19)9-14-3-2-13(17)10-18-14/h2-7,10H,8-9,11H2,1H3. The van der Waals surface area contributed by atoms with Crippen LogP contribution in [0.25, 0.3) is 0 Å². The van der Waals surface area contributed by atoms with E-state index < -0.39 is 15.8 Å². The molecule has 128 valence electrons. The minimum Gasteiger partial charge on any atom is -0.457 e. The molecule has 0 aromatic carbocycles. The Bertz CT molecular complexity index is 804. The third-order valence-corrected chi connectivity index (χ3v) is 4.89. The summed E-state index contributed by atoms with van der Waals surface area (Å²) in [6.45, 7) is -0.321.